The number of nitrogens with zero attached hydrogens (tertiary/aromatic N) is 4. The number of aryl methyl sites for hydroxylation is 2. The summed E-state index contributed by atoms with van der Waals surface area (Å²) in [5, 5.41) is 0. The van der Waals surface area contributed by atoms with Gasteiger partial charge in [0.05, 0.1) is 5.56 Å². The standard InChI is InChI=1S/C19H20FIN4O/c1-11-5-12(2)23-19(22-11)25-9-13-7-24(8-14(13)10-25)18(26)16-6-15(20)3-4-17(16)21/h3-6,13-14H,7-10H2,1-2H3. The van der Waals surface area contributed by atoms with Crippen molar-refractivity contribution in [1.29, 1.82) is 0 Å². The second-order valence-corrected chi connectivity index (χ2v) is 8.37. The van der Waals surface area contributed by atoms with E-state index in [4.69, 9.17) is 0 Å². The molecule has 5 nitrogen and oxygen atoms in total. The van der Waals surface area contributed by atoms with Crippen molar-refractivity contribution in [2.75, 3.05) is 31.1 Å². The first-order chi connectivity index (χ1) is 12.4. The molecule has 7 heteroatoms. The molecule has 4 rings (SSSR count). The number of halogens is 2. The second-order valence-electron chi connectivity index (χ2n) is 7.21. The fraction of sp³-hybridized carbons (Fsp3) is 0.421. The molecular formula is C19H20FIN4O. The van der Waals surface area contributed by atoms with E-state index < -0.39 is 0 Å². The number of rotatable bonds is 2. The quantitative estimate of drug-likeness (QED) is 0.639. The Kier molecular flexibility index (Phi) is 4.58. The minimum Gasteiger partial charge on any atom is -0.340 e. The van der Waals surface area contributed by atoms with E-state index in [1.165, 1.54) is 12.1 Å². The zero-order chi connectivity index (χ0) is 18.4. The molecule has 2 unspecified atom stereocenters. The molecule has 0 saturated carbocycles. The van der Waals surface area contributed by atoms with E-state index in [2.05, 4.69) is 37.5 Å². The number of likely N-dealkylation sites (tertiary alicyclic amines) is 1. The Morgan fingerprint density at radius 1 is 1.08 bits per heavy atom. The van der Waals surface area contributed by atoms with Crippen molar-refractivity contribution in [2.45, 2.75) is 13.8 Å². The number of hydrogen-bond donors (Lipinski definition) is 0. The van der Waals surface area contributed by atoms with E-state index in [0.29, 0.717) is 30.5 Å². The first-order valence-electron chi connectivity index (χ1n) is 8.72. The maximum absolute atomic E-state index is 13.5. The Labute approximate surface area is 165 Å². The van der Waals surface area contributed by atoms with Crippen LogP contribution in [0, 0.1) is 35.1 Å². The van der Waals surface area contributed by atoms with Crippen molar-refractivity contribution in [3.63, 3.8) is 0 Å². The Bertz CT molecular complexity index is 840. The van der Waals surface area contributed by atoms with E-state index in [-0.39, 0.29) is 11.7 Å². The molecule has 0 spiro atoms. The summed E-state index contributed by atoms with van der Waals surface area (Å²) in [7, 11) is 0. The van der Waals surface area contributed by atoms with Crippen LogP contribution in [0.1, 0.15) is 21.7 Å². The monoisotopic (exact) mass is 466 g/mol. The molecule has 0 aliphatic carbocycles. The molecule has 2 aromatic rings. The van der Waals surface area contributed by atoms with E-state index in [1.54, 1.807) is 6.07 Å². The van der Waals surface area contributed by atoms with Crippen LogP contribution in [0.25, 0.3) is 0 Å². The highest BCUT2D eigenvalue weighted by atomic mass is 127. The Balaban J connectivity index is 1.46. The van der Waals surface area contributed by atoms with Gasteiger partial charge in [0.25, 0.3) is 5.91 Å². The van der Waals surface area contributed by atoms with Crippen LogP contribution in [0.5, 0.6) is 0 Å². The van der Waals surface area contributed by atoms with Crippen molar-refractivity contribution in [2.24, 2.45) is 11.8 Å². The minimum absolute atomic E-state index is 0.0718. The predicted molar refractivity (Wildman–Crippen MR) is 106 cm³/mol. The third-order valence-corrected chi connectivity index (χ3v) is 6.13. The number of fused-ring (bicyclic) bond motifs is 1. The van der Waals surface area contributed by atoms with Crippen molar-refractivity contribution in [1.82, 2.24) is 14.9 Å². The zero-order valence-corrected chi connectivity index (χ0v) is 16.9. The number of carbonyl (C=O) groups is 1. The SMILES string of the molecule is Cc1cc(C)nc(N2CC3CN(C(=O)c4cc(F)ccc4I)CC3C2)n1. The minimum atomic E-state index is -0.369. The van der Waals surface area contributed by atoms with Gasteiger partial charge in [-0.2, -0.15) is 0 Å². The average molecular weight is 466 g/mol. The van der Waals surface area contributed by atoms with Crippen LogP contribution in [0.2, 0.25) is 0 Å². The van der Waals surface area contributed by atoms with Crippen LogP contribution in [0.4, 0.5) is 10.3 Å². The van der Waals surface area contributed by atoms with Gasteiger partial charge in [-0.1, -0.05) is 0 Å². The maximum Gasteiger partial charge on any atom is 0.255 e. The molecule has 26 heavy (non-hydrogen) atoms. The summed E-state index contributed by atoms with van der Waals surface area (Å²) in [6.45, 7) is 7.09. The van der Waals surface area contributed by atoms with Crippen LogP contribution in [0.3, 0.4) is 0 Å². The van der Waals surface area contributed by atoms with Gasteiger partial charge in [-0.3, -0.25) is 4.79 Å². The molecule has 2 fully saturated rings. The fourth-order valence-corrected chi connectivity index (χ4v) is 4.57. The van der Waals surface area contributed by atoms with Crippen LogP contribution in [-0.4, -0.2) is 47.0 Å². The maximum atomic E-state index is 13.5. The predicted octanol–water partition coefficient (Wildman–Crippen LogP) is 3.05. The van der Waals surface area contributed by atoms with Crippen LogP contribution in [-0.2, 0) is 0 Å². The largest absolute Gasteiger partial charge is 0.340 e. The van der Waals surface area contributed by atoms with Gasteiger partial charge in [-0.05, 0) is 60.7 Å². The van der Waals surface area contributed by atoms with Gasteiger partial charge in [-0.15, -0.1) is 0 Å². The van der Waals surface area contributed by atoms with Crippen molar-refractivity contribution < 1.29 is 9.18 Å². The molecular weight excluding hydrogens is 446 g/mol. The van der Waals surface area contributed by atoms with Crippen LogP contribution in [0.15, 0.2) is 24.3 Å². The number of hydrogen-bond acceptors (Lipinski definition) is 4. The molecule has 0 radical (unpaired) electrons. The summed E-state index contributed by atoms with van der Waals surface area (Å²) >= 11 is 2.09. The van der Waals surface area contributed by atoms with Gasteiger partial charge in [0, 0.05) is 53.0 Å². The number of carbonyl (C=O) groups excluding carboxylic acids is 1. The van der Waals surface area contributed by atoms with Gasteiger partial charge in [0.2, 0.25) is 5.95 Å². The third kappa shape index (κ3) is 3.28. The van der Waals surface area contributed by atoms with Gasteiger partial charge in [0.15, 0.2) is 0 Å². The average Bonchev–Trinajstić information content (AvgIpc) is 3.14. The number of benzene rings is 1. The Hall–Kier alpha value is -1.77. The highest BCUT2D eigenvalue weighted by Crippen LogP contribution is 2.34. The summed E-state index contributed by atoms with van der Waals surface area (Å²) in [6, 6.07) is 6.35. The lowest BCUT2D eigenvalue weighted by molar-refractivity contribution is 0.0781. The number of anilines is 1. The van der Waals surface area contributed by atoms with E-state index >= 15 is 0 Å². The lowest BCUT2D eigenvalue weighted by atomic mass is 10.0. The van der Waals surface area contributed by atoms with E-state index in [0.717, 1.165) is 34.0 Å². The molecule has 1 amide bonds. The van der Waals surface area contributed by atoms with Gasteiger partial charge in [-0.25, -0.2) is 14.4 Å². The van der Waals surface area contributed by atoms with Crippen molar-refractivity contribution in [3.05, 3.63) is 50.6 Å². The highest BCUT2D eigenvalue weighted by molar-refractivity contribution is 14.1. The van der Waals surface area contributed by atoms with E-state index in [1.807, 2.05) is 24.8 Å². The molecule has 0 bridgehead atoms. The van der Waals surface area contributed by atoms with Crippen LogP contribution >= 0.6 is 22.6 Å². The molecule has 2 atom stereocenters. The topological polar surface area (TPSA) is 49.3 Å². The zero-order valence-electron chi connectivity index (χ0n) is 14.7. The lowest BCUT2D eigenvalue weighted by Gasteiger charge is -2.22. The van der Waals surface area contributed by atoms with E-state index in [9.17, 15) is 9.18 Å². The number of aromatic nitrogens is 2. The summed E-state index contributed by atoms with van der Waals surface area (Å²) in [6.07, 6.45) is 0. The molecule has 1 aromatic heterocycles. The third-order valence-electron chi connectivity index (χ3n) is 5.19. The normalized spacial score (nSPS) is 22.0. The molecule has 2 saturated heterocycles. The van der Waals surface area contributed by atoms with Crippen molar-refractivity contribution >= 4 is 34.4 Å². The summed E-state index contributed by atoms with van der Waals surface area (Å²) in [4.78, 5) is 26.0. The summed E-state index contributed by atoms with van der Waals surface area (Å²) < 4.78 is 14.3. The summed E-state index contributed by atoms with van der Waals surface area (Å²) in [5.74, 6) is 1.17. The fourth-order valence-electron chi connectivity index (χ4n) is 4.00. The molecule has 3 heterocycles. The molecule has 136 valence electrons. The Morgan fingerprint density at radius 2 is 1.69 bits per heavy atom. The van der Waals surface area contributed by atoms with Gasteiger partial charge in [0.1, 0.15) is 5.82 Å². The second kappa shape index (κ2) is 6.75. The molecule has 1 aromatic carbocycles. The van der Waals surface area contributed by atoms with Crippen molar-refractivity contribution in [3.8, 4) is 0 Å². The molecule has 0 N–H and O–H groups in total. The number of amides is 1. The first-order valence-corrected chi connectivity index (χ1v) is 9.80. The highest BCUT2D eigenvalue weighted by Gasteiger charge is 2.42. The molecule has 2 aliphatic heterocycles. The molecule has 2 aliphatic rings. The lowest BCUT2D eigenvalue weighted by Crippen LogP contribution is -2.34. The summed E-state index contributed by atoms with van der Waals surface area (Å²) in [5.41, 5.74) is 2.41. The van der Waals surface area contributed by atoms with Crippen LogP contribution < -0.4 is 4.90 Å². The van der Waals surface area contributed by atoms with Gasteiger partial charge >= 0.3 is 0 Å². The Morgan fingerprint density at radius 3 is 2.31 bits per heavy atom. The first kappa shape index (κ1) is 17.6. The smallest absolute Gasteiger partial charge is 0.255 e. The van der Waals surface area contributed by atoms with Gasteiger partial charge < -0.3 is 9.80 Å².